The number of benzene rings is 2. The van der Waals surface area contributed by atoms with Gasteiger partial charge in [0, 0.05) is 23.1 Å². The highest BCUT2D eigenvalue weighted by Crippen LogP contribution is 2.22. The van der Waals surface area contributed by atoms with Crippen LogP contribution in [0.15, 0.2) is 40.9 Å². The van der Waals surface area contributed by atoms with Gasteiger partial charge < -0.3 is 10.0 Å². The number of hydrogen-bond donors (Lipinski definition) is 1. The second-order valence-electron chi connectivity index (χ2n) is 5.25. The molecule has 1 saturated heterocycles. The van der Waals surface area contributed by atoms with Crippen LogP contribution in [0.1, 0.15) is 23.2 Å². The summed E-state index contributed by atoms with van der Waals surface area (Å²) >= 11 is 3.45. The van der Waals surface area contributed by atoms with Gasteiger partial charge in [-0.05, 0) is 47.9 Å². The van der Waals surface area contributed by atoms with E-state index >= 15 is 0 Å². The summed E-state index contributed by atoms with van der Waals surface area (Å²) in [5.41, 5.74) is 0.689. The Bertz CT molecular complexity index is 656. The highest BCUT2D eigenvalue weighted by molar-refractivity contribution is 9.10. The highest BCUT2D eigenvalue weighted by Gasteiger charge is 2.23. The minimum Gasteiger partial charge on any atom is -0.391 e. The first-order valence-electron chi connectivity index (χ1n) is 6.80. The lowest BCUT2D eigenvalue weighted by molar-refractivity contribution is 0.0474. The van der Waals surface area contributed by atoms with E-state index in [-0.39, 0.29) is 12.0 Å². The Morgan fingerprint density at radius 1 is 1.20 bits per heavy atom. The number of nitrogens with zero attached hydrogens (tertiary/aromatic N) is 1. The van der Waals surface area contributed by atoms with Crippen molar-refractivity contribution in [3.8, 4) is 0 Å². The number of piperidine rings is 1. The molecule has 0 bridgehead atoms. The molecule has 2 aromatic carbocycles. The molecular formula is C16H16BrNO2. The van der Waals surface area contributed by atoms with Crippen molar-refractivity contribution in [1.29, 1.82) is 0 Å². The zero-order valence-corrected chi connectivity index (χ0v) is 12.6. The van der Waals surface area contributed by atoms with E-state index < -0.39 is 0 Å². The summed E-state index contributed by atoms with van der Waals surface area (Å²) in [6.45, 7) is 1.17. The molecule has 1 aliphatic heterocycles. The van der Waals surface area contributed by atoms with Crippen molar-refractivity contribution in [2.75, 3.05) is 13.1 Å². The number of amides is 1. The Hall–Kier alpha value is -1.39. The van der Waals surface area contributed by atoms with E-state index in [1.54, 1.807) is 4.90 Å². The Morgan fingerprint density at radius 2 is 1.95 bits per heavy atom. The summed E-state index contributed by atoms with van der Waals surface area (Å²) in [7, 11) is 0. The molecule has 3 nitrogen and oxygen atoms in total. The fourth-order valence-electron chi connectivity index (χ4n) is 2.67. The number of halogens is 1. The zero-order chi connectivity index (χ0) is 14.1. The summed E-state index contributed by atoms with van der Waals surface area (Å²) < 4.78 is 1.03. The van der Waals surface area contributed by atoms with Gasteiger partial charge in [0.05, 0.1) is 6.10 Å². The number of carbonyl (C=O) groups is 1. The summed E-state index contributed by atoms with van der Waals surface area (Å²) in [4.78, 5) is 14.2. The SMILES string of the molecule is O=C(c1ccc2cc(Br)ccc2c1)N1CCCC(O)C1. The van der Waals surface area contributed by atoms with E-state index in [9.17, 15) is 9.90 Å². The first-order chi connectivity index (χ1) is 9.63. The summed E-state index contributed by atoms with van der Waals surface area (Å²) in [5, 5.41) is 11.8. The molecule has 104 valence electrons. The minimum atomic E-state index is -0.385. The molecular weight excluding hydrogens is 318 g/mol. The third kappa shape index (κ3) is 2.72. The molecule has 2 aromatic rings. The van der Waals surface area contributed by atoms with E-state index in [0.29, 0.717) is 12.1 Å². The topological polar surface area (TPSA) is 40.5 Å². The normalized spacial score (nSPS) is 19.3. The van der Waals surface area contributed by atoms with Crippen molar-refractivity contribution in [3.63, 3.8) is 0 Å². The van der Waals surface area contributed by atoms with Crippen LogP contribution in [0.5, 0.6) is 0 Å². The van der Waals surface area contributed by atoms with Crippen molar-refractivity contribution in [3.05, 3.63) is 46.4 Å². The molecule has 1 N–H and O–H groups in total. The molecule has 0 spiro atoms. The largest absolute Gasteiger partial charge is 0.391 e. The van der Waals surface area contributed by atoms with E-state index in [4.69, 9.17) is 0 Å². The summed E-state index contributed by atoms with van der Waals surface area (Å²) in [5.74, 6) is 0.00793. The molecule has 1 atom stereocenters. The van der Waals surface area contributed by atoms with Crippen LogP contribution in [0.25, 0.3) is 10.8 Å². The number of likely N-dealkylation sites (tertiary alicyclic amines) is 1. The van der Waals surface area contributed by atoms with Crippen LogP contribution in [-0.4, -0.2) is 35.1 Å². The quantitative estimate of drug-likeness (QED) is 0.870. The predicted octanol–water partition coefficient (Wildman–Crippen LogP) is 3.20. The van der Waals surface area contributed by atoms with E-state index in [0.717, 1.165) is 34.6 Å². The van der Waals surface area contributed by atoms with Gasteiger partial charge in [-0.3, -0.25) is 4.79 Å². The van der Waals surface area contributed by atoms with Crippen molar-refractivity contribution < 1.29 is 9.90 Å². The fraction of sp³-hybridized carbons (Fsp3) is 0.312. The number of aliphatic hydroxyl groups is 1. The predicted molar refractivity (Wildman–Crippen MR) is 82.8 cm³/mol. The van der Waals surface area contributed by atoms with Gasteiger partial charge in [0.2, 0.25) is 0 Å². The van der Waals surface area contributed by atoms with Crippen molar-refractivity contribution in [1.82, 2.24) is 4.90 Å². The Morgan fingerprint density at radius 3 is 2.75 bits per heavy atom. The van der Waals surface area contributed by atoms with Crippen LogP contribution >= 0.6 is 15.9 Å². The molecule has 1 amide bonds. The molecule has 1 unspecified atom stereocenters. The summed E-state index contributed by atoms with van der Waals surface area (Å²) in [6, 6.07) is 11.8. The molecule has 3 rings (SSSR count). The minimum absolute atomic E-state index is 0.00793. The lowest BCUT2D eigenvalue weighted by Crippen LogP contribution is -2.42. The molecule has 0 saturated carbocycles. The van der Waals surface area contributed by atoms with Gasteiger partial charge in [-0.15, -0.1) is 0 Å². The Balaban J connectivity index is 1.89. The molecule has 4 heteroatoms. The third-order valence-corrected chi connectivity index (χ3v) is 4.23. The van der Waals surface area contributed by atoms with E-state index in [2.05, 4.69) is 15.9 Å². The lowest BCUT2D eigenvalue weighted by Gasteiger charge is -2.30. The van der Waals surface area contributed by atoms with Gasteiger partial charge in [-0.25, -0.2) is 0 Å². The van der Waals surface area contributed by atoms with Gasteiger partial charge in [0.15, 0.2) is 0 Å². The van der Waals surface area contributed by atoms with Crippen molar-refractivity contribution in [2.24, 2.45) is 0 Å². The smallest absolute Gasteiger partial charge is 0.253 e. The van der Waals surface area contributed by atoms with Gasteiger partial charge in [0.1, 0.15) is 0 Å². The van der Waals surface area contributed by atoms with Crippen LogP contribution in [0.2, 0.25) is 0 Å². The van der Waals surface area contributed by atoms with Gasteiger partial charge in [0.25, 0.3) is 5.91 Å². The average Bonchev–Trinajstić information content (AvgIpc) is 2.46. The van der Waals surface area contributed by atoms with Gasteiger partial charge >= 0.3 is 0 Å². The number of β-amino-alcohol motifs (C(OH)–C–C–N with tert-alkyl or cyclic N) is 1. The maximum atomic E-state index is 12.5. The second-order valence-corrected chi connectivity index (χ2v) is 6.17. The number of carbonyl (C=O) groups excluding carboxylic acids is 1. The maximum absolute atomic E-state index is 12.5. The average molecular weight is 334 g/mol. The number of fused-ring (bicyclic) bond motifs is 1. The molecule has 1 heterocycles. The van der Waals surface area contributed by atoms with Crippen LogP contribution in [-0.2, 0) is 0 Å². The van der Waals surface area contributed by atoms with E-state index in [1.807, 2.05) is 36.4 Å². The zero-order valence-electron chi connectivity index (χ0n) is 11.1. The molecule has 1 aliphatic rings. The van der Waals surface area contributed by atoms with Crippen LogP contribution < -0.4 is 0 Å². The van der Waals surface area contributed by atoms with Gasteiger partial charge in [-0.1, -0.05) is 28.1 Å². The van der Waals surface area contributed by atoms with Crippen LogP contribution in [0.4, 0.5) is 0 Å². The standard InChI is InChI=1S/C16H16BrNO2/c17-14-6-5-11-8-13(4-3-12(11)9-14)16(20)18-7-1-2-15(19)10-18/h3-6,8-9,15,19H,1-2,7,10H2. The molecule has 0 aliphatic carbocycles. The van der Waals surface area contributed by atoms with Crippen LogP contribution in [0.3, 0.4) is 0 Å². The lowest BCUT2D eigenvalue weighted by atomic mass is 10.0. The fourth-order valence-corrected chi connectivity index (χ4v) is 3.05. The molecule has 20 heavy (non-hydrogen) atoms. The Labute approximate surface area is 126 Å². The number of rotatable bonds is 1. The highest BCUT2D eigenvalue weighted by atomic mass is 79.9. The second kappa shape index (κ2) is 5.54. The van der Waals surface area contributed by atoms with Crippen molar-refractivity contribution in [2.45, 2.75) is 18.9 Å². The Kier molecular flexibility index (Phi) is 3.76. The van der Waals surface area contributed by atoms with Gasteiger partial charge in [-0.2, -0.15) is 0 Å². The first-order valence-corrected chi connectivity index (χ1v) is 7.59. The number of hydrogen-bond acceptors (Lipinski definition) is 2. The molecule has 0 aromatic heterocycles. The van der Waals surface area contributed by atoms with Crippen molar-refractivity contribution >= 4 is 32.6 Å². The monoisotopic (exact) mass is 333 g/mol. The summed E-state index contributed by atoms with van der Waals surface area (Å²) in [6.07, 6.45) is 1.27. The maximum Gasteiger partial charge on any atom is 0.253 e. The first kappa shape index (κ1) is 13.6. The van der Waals surface area contributed by atoms with Crippen LogP contribution in [0, 0.1) is 0 Å². The molecule has 0 radical (unpaired) electrons. The third-order valence-electron chi connectivity index (χ3n) is 3.73. The van der Waals surface area contributed by atoms with E-state index in [1.165, 1.54) is 0 Å². The number of aliphatic hydroxyl groups excluding tert-OH is 1. The molecule has 1 fully saturated rings.